The molecular formula is C15H17N3O. The minimum Gasteiger partial charge on any atom is -0.366 e. The highest BCUT2D eigenvalue weighted by atomic mass is 16.1. The Bertz CT molecular complexity index is 537. The number of amides is 1. The molecule has 1 atom stereocenters. The molecule has 0 saturated heterocycles. The SMILES string of the molecule is C[C@H](NCc1ccc(C(N)=O)cc1)c1cccnc1. The van der Waals surface area contributed by atoms with Gasteiger partial charge in [-0.2, -0.15) is 0 Å². The van der Waals surface area contributed by atoms with Crippen molar-refractivity contribution in [3.05, 3.63) is 65.5 Å². The predicted molar refractivity (Wildman–Crippen MR) is 74.5 cm³/mol. The molecule has 98 valence electrons. The van der Waals surface area contributed by atoms with Crippen molar-refractivity contribution >= 4 is 5.91 Å². The summed E-state index contributed by atoms with van der Waals surface area (Å²) in [4.78, 5) is 15.1. The topological polar surface area (TPSA) is 68.0 Å². The Morgan fingerprint density at radius 3 is 2.63 bits per heavy atom. The maximum Gasteiger partial charge on any atom is 0.248 e. The molecule has 1 aromatic heterocycles. The lowest BCUT2D eigenvalue weighted by molar-refractivity contribution is 0.100. The first kappa shape index (κ1) is 13.2. The molecule has 4 heteroatoms. The van der Waals surface area contributed by atoms with E-state index in [1.165, 1.54) is 0 Å². The molecule has 0 aliphatic carbocycles. The van der Waals surface area contributed by atoms with E-state index in [1.807, 2.05) is 30.5 Å². The van der Waals surface area contributed by atoms with Crippen molar-refractivity contribution in [2.75, 3.05) is 0 Å². The lowest BCUT2D eigenvalue weighted by atomic mass is 10.1. The van der Waals surface area contributed by atoms with Gasteiger partial charge in [-0.1, -0.05) is 18.2 Å². The van der Waals surface area contributed by atoms with Crippen LogP contribution in [0.4, 0.5) is 0 Å². The van der Waals surface area contributed by atoms with Crippen LogP contribution in [-0.4, -0.2) is 10.9 Å². The highest BCUT2D eigenvalue weighted by molar-refractivity contribution is 5.92. The lowest BCUT2D eigenvalue weighted by Gasteiger charge is -2.13. The number of pyridine rings is 1. The second-order valence-corrected chi connectivity index (χ2v) is 4.45. The Kier molecular flexibility index (Phi) is 4.26. The highest BCUT2D eigenvalue weighted by Gasteiger charge is 2.05. The number of aromatic nitrogens is 1. The summed E-state index contributed by atoms with van der Waals surface area (Å²) in [5, 5.41) is 3.41. The lowest BCUT2D eigenvalue weighted by Crippen LogP contribution is -2.18. The van der Waals surface area contributed by atoms with E-state index in [0.717, 1.165) is 17.7 Å². The van der Waals surface area contributed by atoms with Crippen molar-refractivity contribution in [2.45, 2.75) is 19.5 Å². The summed E-state index contributed by atoms with van der Waals surface area (Å²) >= 11 is 0. The van der Waals surface area contributed by atoms with Gasteiger partial charge in [-0.05, 0) is 36.2 Å². The van der Waals surface area contributed by atoms with E-state index < -0.39 is 5.91 Å². The number of nitrogens with zero attached hydrogens (tertiary/aromatic N) is 1. The molecule has 0 saturated carbocycles. The first-order chi connectivity index (χ1) is 9.16. The van der Waals surface area contributed by atoms with Crippen molar-refractivity contribution in [3.8, 4) is 0 Å². The maximum absolute atomic E-state index is 11.0. The van der Waals surface area contributed by atoms with Crippen LogP contribution in [0.2, 0.25) is 0 Å². The zero-order valence-corrected chi connectivity index (χ0v) is 10.8. The zero-order chi connectivity index (χ0) is 13.7. The van der Waals surface area contributed by atoms with Crippen LogP contribution in [0.5, 0.6) is 0 Å². The second kappa shape index (κ2) is 6.11. The molecule has 0 fully saturated rings. The van der Waals surface area contributed by atoms with Crippen LogP contribution in [0.15, 0.2) is 48.8 Å². The summed E-state index contributed by atoms with van der Waals surface area (Å²) in [5.41, 5.74) is 7.99. The number of carbonyl (C=O) groups excluding carboxylic acids is 1. The molecule has 2 rings (SSSR count). The van der Waals surface area contributed by atoms with Gasteiger partial charge in [0.1, 0.15) is 0 Å². The average Bonchev–Trinajstić information content (AvgIpc) is 2.46. The van der Waals surface area contributed by atoms with Gasteiger partial charge in [0.2, 0.25) is 5.91 Å². The van der Waals surface area contributed by atoms with E-state index in [4.69, 9.17) is 5.73 Å². The standard InChI is InChI=1S/C15H17N3O/c1-11(14-3-2-8-17-10-14)18-9-12-4-6-13(7-5-12)15(16)19/h2-8,10-11,18H,9H2,1H3,(H2,16,19)/t11-/m0/s1. The van der Waals surface area contributed by atoms with Crippen LogP contribution in [0.3, 0.4) is 0 Å². The molecule has 0 aliphatic rings. The van der Waals surface area contributed by atoms with E-state index in [1.54, 1.807) is 18.3 Å². The Morgan fingerprint density at radius 1 is 1.32 bits per heavy atom. The monoisotopic (exact) mass is 255 g/mol. The third-order valence-corrected chi connectivity index (χ3v) is 3.04. The number of carbonyl (C=O) groups is 1. The van der Waals surface area contributed by atoms with Crippen LogP contribution < -0.4 is 11.1 Å². The Labute approximate surface area is 112 Å². The normalized spacial score (nSPS) is 12.1. The van der Waals surface area contributed by atoms with Crippen molar-refractivity contribution in [1.82, 2.24) is 10.3 Å². The molecule has 0 unspecified atom stereocenters. The van der Waals surface area contributed by atoms with Gasteiger partial charge in [0.25, 0.3) is 0 Å². The van der Waals surface area contributed by atoms with Crippen molar-refractivity contribution in [1.29, 1.82) is 0 Å². The van der Waals surface area contributed by atoms with Gasteiger partial charge in [-0.15, -0.1) is 0 Å². The molecule has 19 heavy (non-hydrogen) atoms. The first-order valence-electron chi connectivity index (χ1n) is 6.19. The molecule has 0 spiro atoms. The van der Waals surface area contributed by atoms with Crippen molar-refractivity contribution < 1.29 is 4.79 Å². The predicted octanol–water partition coefficient (Wildman–Crippen LogP) is 2.03. The summed E-state index contributed by atoms with van der Waals surface area (Å²) in [7, 11) is 0. The van der Waals surface area contributed by atoms with Crippen LogP contribution >= 0.6 is 0 Å². The van der Waals surface area contributed by atoms with E-state index in [9.17, 15) is 4.79 Å². The van der Waals surface area contributed by atoms with Crippen LogP contribution in [0, 0.1) is 0 Å². The number of rotatable bonds is 5. The minimum atomic E-state index is -0.400. The molecule has 0 radical (unpaired) electrons. The molecule has 1 aromatic carbocycles. The van der Waals surface area contributed by atoms with Crippen molar-refractivity contribution in [3.63, 3.8) is 0 Å². The average molecular weight is 255 g/mol. The Morgan fingerprint density at radius 2 is 2.05 bits per heavy atom. The molecule has 1 amide bonds. The molecule has 4 nitrogen and oxygen atoms in total. The van der Waals surface area contributed by atoms with E-state index in [-0.39, 0.29) is 6.04 Å². The van der Waals surface area contributed by atoms with Crippen LogP contribution in [0.25, 0.3) is 0 Å². The Balaban J connectivity index is 1.93. The van der Waals surface area contributed by atoms with Gasteiger partial charge in [-0.25, -0.2) is 0 Å². The molecule has 0 aliphatic heterocycles. The summed E-state index contributed by atoms with van der Waals surface area (Å²) in [5.74, 6) is -0.400. The molecule has 1 heterocycles. The van der Waals surface area contributed by atoms with Crippen molar-refractivity contribution in [2.24, 2.45) is 5.73 Å². The third kappa shape index (κ3) is 3.63. The fourth-order valence-corrected chi connectivity index (χ4v) is 1.81. The summed E-state index contributed by atoms with van der Waals surface area (Å²) in [6.07, 6.45) is 3.62. The molecular weight excluding hydrogens is 238 g/mol. The second-order valence-electron chi connectivity index (χ2n) is 4.45. The minimum absolute atomic E-state index is 0.226. The third-order valence-electron chi connectivity index (χ3n) is 3.04. The van der Waals surface area contributed by atoms with Gasteiger partial charge in [0.15, 0.2) is 0 Å². The van der Waals surface area contributed by atoms with E-state index in [0.29, 0.717) is 5.56 Å². The number of hydrogen-bond acceptors (Lipinski definition) is 3. The number of benzene rings is 1. The van der Waals surface area contributed by atoms with Gasteiger partial charge >= 0.3 is 0 Å². The fourth-order valence-electron chi connectivity index (χ4n) is 1.81. The van der Waals surface area contributed by atoms with Gasteiger partial charge in [-0.3, -0.25) is 9.78 Å². The van der Waals surface area contributed by atoms with Gasteiger partial charge < -0.3 is 11.1 Å². The zero-order valence-electron chi connectivity index (χ0n) is 10.8. The van der Waals surface area contributed by atoms with Crippen LogP contribution in [0.1, 0.15) is 34.5 Å². The number of hydrogen-bond donors (Lipinski definition) is 2. The first-order valence-corrected chi connectivity index (χ1v) is 6.19. The molecule has 2 aromatic rings. The van der Waals surface area contributed by atoms with Crippen LogP contribution in [-0.2, 0) is 6.54 Å². The fraction of sp³-hybridized carbons (Fsp3) is 0.200. The highest BCUT2D eigenvalue weighted by Crippen LogP contribution is 2.11. The van der Waals surface area contributed by atoms with Gasteiger partial charge in [0.05, 0.1) is 0 Å². The van der Waals surface area contributed by atoms with E-state index in [2.05, 4.69) is 17.2 Å². The number of nitrogens with one attached hydrogen (secondary N) is 1. The summed E-state index contributed by atoms with van der Waals surface area (Å²) < 4.78 is 0. The smallest absolute Gasteiger partial charge is 0.248 e. The van der Waals surface area contributed by atoms with Gasteiger partial charge in [0, 0.05) is 30.5 Å². The number of nitrogens with two attached hydrogens (primary N) is 1. The number of primary amides is 1. The maximum atomic E-state index is 11.0. The summed E-state index contributed by atoms with van der Waals surface area (Å²) in [6, 6.07) is 11.5. The Hall–Kier alpha value is -2.20. The quantitative estimate of drug-likeness (QED) is 0.859. The molecule has 3 N–H and O–H groups in total. The summed E-state index contributed by atoms with van der Waals surface area (Å²) in [6.45, 7) is 2.82. The largest absolute Gasteiger partial charge is 0.366 e. The molecule has 0 bridgehead atoms. The van der Waals surface area contributed by atoms with E-state index >= 15 is 0 Å².